The number of morpholine rings is 1. The maximum atomic E-state index is 5.43. The van der Waals surface area contributed by atoms with E-state index in [1.165, 1.54) is 0 Å². The zero-order chi connectivity index (χ0) is 56.5. The molecule has 0 atom stereocenters. The van der Waals surface area contributed by atoms with Gasteiger partial charge in [-0.3, -0.25) is 14.5 Å². The Hall–Kier alpha value is -10.3. The molecule has 0 amide bonds. The summed E-state index contributed by atoms with van der Waals surface area (Å²) in [6, 6.07) is 40.2. The Kier molecular flexibility index (Phi) is 19.8. The number of rotatable bonds is 13. The lowest BCUT2D eigenvalue weighted by molar-refractivity contribution is 0.122. The minimum atomic E-state index is 0. The quantitative estimate of drug-likeness (QED) is 0.105. The molecular formula is C61H62N12O9. The van der Waals surface area contributed by atoms with Crippen LogP contribution >= 0.6 is 0 Å². The highest BCUT2D eigenvalue weighted by Crippen LogP contribution is 2.37. The number of methoxy groups -OCH3 is 8. The fraction of sp³-hybridized carbons (Fsp3) is 0.213. The van der Waals surface area contributed by atoms with E-state index in [2.05, 4.69) is 54.7 Å². The van der Waals surface area contributed by atoms with Gasteiger partial charge in [0.2, 0.25) is 29.5 Å². The molecule has 0 radical (unpaired) electrons. The Morgan fingerprint density at radius 2 is 0.927 bits per heavy atom. The number of pyridine rings is 3. The summed E-state index contributed by atoms with van der Waals surface area (Å²) >= 11 is 0. The molecule has 1 aliphatic heterocycles. The van der Waals surface area contributed by atoms with E-state index in [4.69, 9.17) is 42.6 Å². The van der Waals surface area contributed by atoms with Crippen LogP contribution in [0.15, 0.2) is 159 Å². The lowest BCUT2D eigenvalue weighted by atomic mass is 10.2. The third kappa shape index (κ3) is 13.6. The van der Waals surface area contributed by atoms with Crippen LogP contribution in [0, 0.1) is 0 Å². The van der Waals surface area contributed by atoms with Crippen LogP contribution in [0.3, 0.4) is 0 Å². The average Bonchev–Trinajstić information content (AvgIpc) is 4.21. The largest absolute Gasteiger partial charge is 0.497 e. The number of nitrogens with zero attached hydrogens (tertiary/aromatic N) is 12. The molecule has 11 aromatic rings. The zero-order valence-electron chi connectivity index (χ0n) is 45.9. The number of hydrogen-bond donors (Lipinski definition) is 0. The fourth-order valence-corrected chi connectivity index (χ4v) is 8.37. The van der Waals surface area contributed by atoms with Crippen molar-refractivity contribution in [2.45, 2.75) is 7.43 Å². The molecule has 8 heterocycles. The van der Waals surface area contributed by atoms with Crippen molar-refractivity contribution in [2.24, 2.45) is 0 Å². The molecule has 7 aromatic heterocycles. The summed E-state index contributed by atoms with van der Waals surface area (Å²) in [5.74, 6) is 6.58. The summed E-state index contributed by atoms with van der Waals surface area (Å²) in [5.41, 5.74) is 6.49. The van der Waals surface area contributed by atoms with Crippen LogP contribution in [0.4, 0.5) is 5.95 Å². The number of fused-ring (bicyclic) bond motifs is 3. The van der Waals surface area contributed by atoms with Crippen LogP contribution in [-0.2, 0) is 4.74 Å². The molecule has 1 saturated heterocycles. The molecule has 12 rings (SSSR count). The molecule has 21 nitrogen and oxygen atoms in total. The predicted molar refractivity (Wildman–Crippen MR) is 314 cm³/mol. The zero-order valence-corrected chi connectivity index (χ0v) is 45.9. The van der Waals surface area contributed by atoms with Crippen LogP contribution in [0.2, 0.25) is 0 Å². The number of ether oxygens (including phenoxy) is 9. The first-order valence-corrected chi connectivity index (χ1v) is 25.3. The van der Waals surface area contributed by atoms with Crippen molar-refractivity contribution in [3.05, 3.63) is 159 Å². The van der Waals surface area contributed by atoms with Gasteiger partial charge in [-0.25, -0.2) is 24.9 Å². The molecule has 0 saturated carbocycles. The van der Waals surface area contributed by atoms with Crippen molar-refractivity contribution in [3.63, 3.8) is 0 Å². The number of aromatic nitrogens is 11. The molecular weight excluding hydrogens is 1040 g/mol. The Labute approximate surface area is 474 Å². The Morgan fingerprint density at radius 1 is 0.415 bits per heavy atom. The SMILES string of the molecule is C.COc1cc(-c2ccccn2)nc(-c2ccccn2)c1.COc1cc2nc(-n3ccnc3)nc(OC)c2cc1OC.COc1cc2nc(N3CCOCC3)nc(OC)c2cc1OC.COc1nc(-c2ccccc2)nc2ccccc12. The molecule has 1 aliphatic rings. The highest BCUT2D eigenvalue weighted by atomic mass is 16.5. The average molecular weight is 1110 g/mol. The van der Waals surface area contributed by atoms with Gasteiger partial charge in [0.25, 0.3) is 0 Å². The summed E-state index contributed by atoms with van der Waals surface area (Å²) < 4.78 is 49.8. The monoisotopic (exact) mass is 1110 g/mol. The molecule has 0 unspecified atom stereocenters. The lowest BCUT2D eigenvalue weighted by Gasteiger charge is -2.27. The second-order valence-electron chi connectivity index (χ2n) is 17.2. The maximum absolute atomic E-state index is 5.43. The molecule has 82 heavy (non-hydrogen) atoms. The van der Waals surface area contributed by atoms with E-state index < -0.39 is 0 Å². The summed E-state index contributed by atoms with van der Waals surface area (Å²) in [4.78, 5) is 46.4. The van der Waals surface area contributed by atoms with Gasteiger partial charge < -0.3 is 47.5 Å². The van der Waals surface area contributed by atoms with Crippen molar-refractivity contribution >= 4 is 38.7 Å². The predicted octanol–water partition coefficient (Wildman–Crippen LogP) is 10.5. The second-order valence-corrected chi connectivity index (χ2v) is 17.2. The van der Waals surface area contributed by atoms with Gasteiger partial charge in [0.15, 0.2) is 28.8 Å². The summed E-state index contributed by atoms with van der Waals surface area (Å²) in [7, 11) is 12.8. The molecule has 0 aliphatic carbocycles. The first-order chi connectivity index (χ1) is 39.8. The van der Waals surface area contributed by atoms with Crippen LogP contribution < -0.4 is 42.8 Å². The maximum Gasteiger partial charge on any atom is 0.238 e. The Morgan fingerprint density at radius 3 is 1.44 bits per heavy atom. The van der Waals surface area contributed by atoms with Crippen LogP contribution in [0.1, 0.15) is 7.43 Å². The van der Waals surface area contributed by atoms with Crippen molar-refractivity contribution in [1.29, 1.82) is 0 Å². The number of imidazole rings is 1. The normalized spacial score (nSPS) is 11.5. The number of benzene rings is 4. The van der Waals surface area contributed by atoms with Gasteiger partial charge in [-0.2, -0.15) is 15.0 Å². The smallest absolute Gasteiger partial charge is 0.238 e. The van der Waals surface area contributed by atoms with E-state index >= 15 is 0 Å². The first-order valence-electron chi connectivity index (χ1n) is 25.3. The van der Waals surface area contributed by atoms with E-state index in [9.17, 15) is 0 Å². The van der Waals surface area contributed by atoms with Crippen LogP contribution in [-0.4, -0.2) is 138 Å². The van der Waals surface area contributed by atoms with E-state index in [1.54, 1.807) is 105 Å². The topological polar surface area (TPSA) is 220 Å². The van der Waals surface area contributed by atoms with Gasteiger partial charge in [0.1, 0.15) is 12.1 Å². The molecule has 420 valence electrons. The minimum absolute atomic E-state index is 0. The van der Waals surface area contributed by atoms with Gasteiger partial charge in [-0.1, -0.05) is 62.0 Å². The van der Waals surface area contributed by atoms with Crippen LogP contribution in [0.5, 0.6) is 46.4 Å². The van der Waals surface area contributed by atoms with E-state index in [0.29, 0.717) is 77.1 Å². The summed E-state index contributed by atoms with van der Waals surface area (Å²) in [5, 5.41) is 2.47. The summed E-state index contributed by atoms with van der Waals surface area (Å²) in [6.07, 6.45) is 8.55. The Balaban J connectivity index is 0.000000143. The third-order valence-corrected chi connectivity index (χ3v) is 12.4. The Bertz CT molecular complexity index is 3770. The van der Waals surface area contributed by atoms with Gasteiger partial charge in [-0.05, 0) is 48.5 Å². The third-order valence-electron chi connectivity index (χ3n) is 12.4. The van der Waals surface area contributed by atoms with Gasteiger partial charge in [0, 0.05) is 67.7 Å². The summed E-state index contributed by atoms with van der Waals surface area (Å²) in [6.45, 7) is 2.88. The fourth-order valence-electron chi connectivity index (χ4n) is 8.37. The van der Waals surface area contributed by atoms with Crippen molar-refractivity contribution in [2.75, 3.05) is 88.1 Å². The number of hydrogen-bond acceptors (Lipinski definition) is 20. The van der Waals surface area contributed by atoms with E-state index in [0.717, 1.165) is 74.4 Å². The molecule has 1 fully saturated rings. The number of anilines is 1. The van der Waals surface area contributed by atoms with Crippen LogP contribution in [0.25, 0.3) is 72.8 Å². The van der Waals surface area contributed by atoms with Crippen molar-refractivity contribution < 1.29 is 42.6 Å². The lowest BCUT2D eigenvalue weighted by Crippen LogP contribution is -2.37. The molecule has 21 heteroatoms. The van der Waals surface area contributed by atoms with Crippen molar-refractivity contribution in [1.82, 2.24) is 54.4 Å². The number of para-hydroxylation sites is 1. The standard InChI is InChI=1S/C16H13N3O.C15H19N3O4.C15H12N2O.C14H14N4O3.CH4/c1-20-12-10-15(13-6-2-4-8-17-13)19-16(11-12)14-7-3-5-9-18-14;1-19-12-8-10-11(9-13(12)20-2)16-15(17-14(10)21-3)18-4-6-22-7-5-18;1-18-15-12-9-5-6-10-13(12)16-14(17-15)11-7-3-2-4-8-11;1-19-11-6-9-10(7-12(11)20-2)16-14(17-13(9)21-3)18-5-4-15-8-18;/h2-11H,1H3;8-9H,4-7H2,1-3H3;2-10H,1H3;4-8H,1-3H3;1H4. The molecule has 0 N–H and O–H groups in total. The first kappa shape index (κ1) is 57.9. The van der Waals surface area contributed by atoms with Gasteiger partial charge in [-0.15, -0.1) is 0 Å². The second kappa shape index (κ2) is 28.0. The van der Waals surface area contributed by atoms with E-state index in [-0.39, 0.29) is 7.43 Å². The highest BCUT2D eigenvalue weighted by molar-refractivity contribution is 5.89. The van der Waals surface area contributed by atoms with Gasteiger partial charge in [0.05, 0.1) is 126 Å². The van der Waals surface area contributed by atoms with Crippen molar-refractivity contribution in [3.8, 4) is 86.5 Å². The molecule has 0 spiro atoms. The van der Waals surface area contributed by atoms with E-state index in [1.807, 2.05) is 115 Å². The highest BCUT2D eigenvalue weighted by Gasteiger charge is 2.20. The molecule has 0 bridgehead atoms. The van der Waals surface area contributed by atoms with Gasteiger partial charge >= 0.3 is 0 Å². The molecule has 4 aromatic carbocycles. The minimum Gasteiger partial charge on any atom is -0.497 e.